The minimum absolute atomic E-state index is 0.0431. The Morgan fingerprint density at radius 2 is 2.05 bits per heavy atom. The van der Waals surface area contributed by atoms with E-state index in [0.717, 1.165) is 16.6 Å². The van der Waals surface area contributed by atoms with Gasteiger partial charge in [-0.3, -0.25) is 0 Å². The van der Waals surface area contributed by atoms with Crippen LogP contribution < -0.4 is 10.6 Å². The number of thiophene rings is 1. The molecule has 5 heteroatoms. The Hall–Kier alpha value is -0.360. The molecule has 0 amide bonds. The van der Waals surface area contributed by atoms with Gasteiger partial charge in [0, 0.05) is 29.8 Å². The molecule has 0 aliphatic heterocycles. The van der Waals surface area contributed by atoms with Crippen LogP contribution >= 0.6 is 43.2 Å². The molecule has 2 rings (SSSR count). The fourth-order valence-corrected chi connectivity index (χ4v) is 3.84. The quantitative estimate of drug-likeness (QED) is 0.783. The van der Waals surface area contributed by atoms with Crippen LogP contribution in [0.1, 0.15) is 24.1 Å². The third-order valence-corrected chi connectivity index (χ3v) is 5.20. The van der Waals surface area contributed by atoms with Crippen molar-refractivity contribution in [3.8, 4) is 0 Å². The lowest BCUT2D eigenvalue weighted by molar-refractivity contribution is 0.812. The highest BCUT2D eigenvalue weighted by Gasteiger charge is 2.09. The molecule has 0 saturated carbocycles. The van der Waals surface area contributed by atoms with E-state index in [1.54, 1.807) is 11.3 Å². The topological polar surface area (TPSA) is 29.3 Å². The number of hydrogen-bond donors (Lipinski definition) is 1. The number of halogens is 2. The second kappa shape index (κ2) is 6.39. The molecule has 0 aliphatic carbocycles. The van der Waals surface area contributed by atoms with E-state index in [1.807, 2.05) is 6.92 Å². The summed E-state index contributed by atoms with van der Waals surface area (Å²) >= 11 is 8.80. The lowest BCUT2D eigenvalue weighted by Crippen LogP contribution is -2.16. The summed E-state index contributed by atoms with van der Waals surface area (Å²) in [5.74, 6) is 0. The molecule has 0 aliphatic rings. The molecular formula is C14H16Br2N2S. The average Bonchev–Trinajstić information content (AvgIpc) is 2.74. The minimum Gasteiger partial charge on any atom is -0.370 e. The standard InChI is InChI=1S/C14H16Br2N2S/c1-9(17)12-4-3-11(6-13(12)15)18(2)7-10-5-14(16)19-8-10/h3-6,8-9H,7,17H2,1-2H3/t9-/m1/s1. The molecule has 1 atom stereocenters. The van der Waals surface area contributed by atoms with Crippen molar-refractivity contribution < 1.29 is 0 Å². The number of nitrogens with zero attached hydrogens (tertiary/aromatic N) is 1. The molecule has 2 aromatic rings. The Kier molecular flexibility index (Phi) is 5.06. The van der Waals surface area contributed by atoms with Gasteiger partial charge in [-0.15, -0.1) is 11.3 Å². The minimum atomic E-state index is 0.0431. The first-order valence-corrected chi connectivity index (χ1v) is 8.43. The number of anilines is 1. The first-order chi connectivity index (χ1) is 8.97. The van der Waals surface area contributed by atoms with Gasteiger partial charge in [0.2, 0.25) is 0 Å². The first-order valence-electron chi connectivity index (χ1n) is 5.96. The largest absolute Gasteiger partial charge is 0.370 e. The lowest BCUT2D eigenvalue weighted by Gasteiger charge is -2.20. The van der Waals surface area contributed by atoms with Crippen LogP contribution in [0.15, 0.2) is 37.9 Å². The molecule has 1 aromatic carbocycles. The van der Waals surface area contributed by atoms with Crippen LogP contribution in [-0.2, 0) is 6.54 Å². The molecule has 0 saturated heterocycles. The molecule has 1 aromatic heterocycles. The van der Waals surface area contributed by atoms with E-state index in [9.17, 15) is 0 Å². The van der Waals surface area contributed by atoms with Crippen LogP contribution in [0.2, 0.25) is 0 Å². The predicted octanol–water partition coefficient (Wildman–Crippen LogP) is 4.93. The summed E-state index contributed by atoms with van der Waals surface area (Å²) in [5.41, 5.74) is 9.55. The number of benzene rings is 1. The molecule has 2 nitrogen and oxygen atoms in total. The van der Waals surface area contributed by atoms with Gasteiger partial charge in [-0.25, -0.2) is 0 Å². The van der Waals surface area contributed by atoms with Crippen molar-refractivity contribution in [1.29, 1.82) is 0 Å². The summed E-state index contributed by atoms with van der Waals surface area (Å²) in [6, 6.07) is 8.53. The van der Waals surface area contributed by atoms with Crippen LogP contribution in [0.3, 0.4) is 0 Å². The SMILES string of the molecule is C[C@@H](N)c1ccc(N(C)Cc2csc(Br)c2)cc1Br. The molecule has 2 N–H and O–H groups in total. The predicted molar refractivity (Wildman–Crippen MR) is 90.9 cm³/mol. The van der Waals surface area contributed by atoms with E-state index in [0.29, 0.717) is 0 Å². The molecule has 0 radical (unpaired) electrons. The van der Waals surface area contributed by atoms with E-state index in [4.69, 9.17) is 5.73 Å². The van der Waals surface area contributed by atoms with Gasteiger partial charge < -0.3 is 10.6 Å². The highest BCUT2D eigenvalue weighted by molar-refractivity contribution is 9.11. The zero-order chi connectivity index (χ0) is 14.0. The third-order valence-electron chi connectivity index (χ3n) is 2.96. The van der Waals surface area contributed by atoms with Gasteiger partial charge >= 0.3 is 0 Å². The van der Waals surface area contributed by atoms with E-state index >= 15 is 0 Å². The fraction of sp³-hybridized carbons (Fsp3) is 0.286. The zero-order valence-electron chi connectivity index (χ0n) is 10.9. The van der Waals surface area contributed by atoms with Crippen molar-refractivity contribution in [1.82, 2.24) is 0 Å². The Morgan fingerprint density at radius 1 is 1.32 bits per heavy atom. The van der Waals surface area contributed by atoms with E-state index in [1.165, 1.54) is 15.0 Å². The van der Waals surface area contributed by atoms with Crippen LogP contribution in [0.5, 0.6) is 0 Å². The molecule has 1 heterocycles. The van der Waals surface area contributed by atoms with Gasteiger partial charge in [-0.2, -0.15) is 0 Å². The van der Waals surface area contributed by atoms with Crippen molar-refractivity contribution in [2.24, 2.45) is 5.73 Å². The number of nitrogens with two attached hydrogens (primary N) is 1. The number of hydrogen-bond acceptors (Lipinski definition) is 3. The van der Waals surface area contributed by atoms with Crippen LogP contribution in [0, 0.1) is 0 Å². The summed E-state index contributed by atoms with van der Waals surface area (Å²) in [6.45, 7) is 2.89. The van der Waals surface area contributed by atoms with Crippen molar-refractivity contribution in [2.75, 3.05) is 11.9 Å². The highest BCUT2D eigenvalue weighted by atomic mass is 79.9. The normalized spacial score (nSPS) is 12.5. The van der Waals surface area contributed by atoms with Crippen molar-refractivity contribution in [2.45, 2.75) is 19.5 Å². The fourth-order valence-electron chi connectivity index (χ4n) is 1.92. The van der Waals surface area contributed by atoms with E-state index < -0.39 is 0 Å². The van der Waals surface area contributed by atoms with Crippen LogP contribution in [0.25, 0.3) is 0 Å². The van der Waals surface area contributed by atoms with Crippen LogP contribution in [0.4, 0.5) is 5.69 Å². The van der Waals surface area contributed by atoms with Gasteiger partial charge in [0.05, 0.1) is 3.79 Å². The zero-order valence-corrected chi connectivity index (χ0v) is 14.8. The summed E-state index contributed by atoms with van der Waals surface area (Å²) in [7, 11) is 2.10. The van der Waals surface area contributed by atoms with E-state index in [2.05, 4.69) is 73.5 Å². The maximum atomic E-state index is 5.92. The maximum absolute atomic E-state index is 5.92. The molecule has 0 fully saturated rings. The Balaban J connectivity index is 2.15. The van der Waals surface area contributed by atoms with Crippen molar-refractivity contribution >= 4 is 48.9 Å². The molecule has 102 valence electrons. The summed E-state index contributed by atoms with van der Waals surface area (Å²) < 4.78 is 2.24. The highest BCUT2D eigenvalue weighted by Crippen LogP contribution is 2.28. The summed E-state index contributed by atoms with van der Waals surface area (Å²) in [5, 5.41) is 2.17. The summed E-state index contributed by atoms with van der Waals surface area (Å²) in [6.07, 6.45) is 0. The molecule has 0 unspecified atom stereocenters. The van der Waals surface area contributed by atoms with Gasteiger partial charge in [0.25, 0.3) is 0 Å². The Morgan fingerprint density at radius 3 is 2.58 bits per heavy atom. The molecular weight excluding hydrogens is 388 g/mol. The van der Waals surface area contributed by atoms with Crippen molar-refractivity contribution in [3.05, 3.63) is 49.0 Å². The molecule has 0 spiro atoms. The molecule has 19 heavy (non-hydrogen) atoms. The van der Waals surface area contributed by atoms with E-state index in [-0.39, 0.29) is 6.04 Å². The van der Waals surface area contributed by atoms with Crippen LogP contribution in [-0.4, -0.2) is 7.05 Å². The van der Waals surface area contributed by atoms with Gasteiger partial charge in [-0.1, -0.05) is 22.0 Å². The Labute approximate surface area is 134 Å². The Bertz CT molecular complexity index is 566. The summed E-state index contributed by atoms with van der Waals surface area (Å²) in [4.78, 5) is 2.23. The van der Waals surface area contributed by atoms with Gasteiger partial charge in [0.15, 0.2) is 0 Å². The third kappa shape index (κ3) is 3.81. The average molecular weight is 404 g/mol. The van der Waals surface area contributed by atoms with Gasteiger partial charge in [0.1, 0.15) is 0 Å². The van der Waals surface area contributed by atoms with Crippen molar-refractivity contribution in [3.63, 3.8) is 0 Å². The second-order valence-electron chi connectivity index (χ2n) is 4.61. The smallest absolute Gasteiger partial charge is 0.0701 e. The molecule has 0 bridgehead atoms. The monoisotopic (exact) mass is 402 g/mol. The maximum Gasteiger partial charge on any atom is 0.0701 e. The second-order valence-corrected chi connectivity index (χ2v) is 7.75. The lowest BCUT2D eigenvalue weighted by atomic mass is 10.1. The van der Waals surface area contributed by atoms with Gasteiger partial charge in [-0.05, 0) is 57.6 Å². The first kappa shape index (κ1) is 15.0. The number of rotatable bonds is 4.